The Morgan fingerprint density at radius 2 is 2.00 bits per heavy atom. The first kappa shape index (κ1) is 17.2. The third-order valence-electron chi connectivity index (χ3n) is 3.36. The normalized spacial score (nSPS) is 10.5. The molecule has 0 bridgehead atoms. The average Bonchev–Trinajstić information content (AvgIpc) is 2.62. The average molecular weight is 402 g/mol. The van der Waals surface area contributed by atoms with Crippen LogP contribution in [-0.4, -0.2) is 29.1 Å². The molecule has 0 aliphatic carbocycles. The molecule has 1 N–H and O–H groups in total. The van der Waals surface area contributed by atoms with Gasteiger partial charge in [0.1, 0.15) is 12.1 Å². The molecule has 0 saturated carbocycles. The number of fused-ring (bicyclic) bond motifs is 1. The molecule has 25 heavy (non-hydrogen) atoms. The van der Waals surface area contributed by atoms with E-state index in [1.807, 2.05) is 37.3 Å². The van der Waals surface area contributed by atoms with Crippen molar-refractivity contribution in [3.8, 4) is 11.6 Å². The summed E-state index contributed by atoms with van der Waals surface area (Å²) in [6, 6.07) is 12.8. The lowest BCUT2D eigenvalue weighted by Crippen LogP contribution is -2.21. The number of halogens is 1. The van der Waals surface area contributed by atoms with Gasteiger partial charge in [-0.3, -0.25) is 4.79 Å². The zero-order chi connectivity index (χ0) is 17.6. The maximum Gasteiger partial charge on any atom is 0.262 e. The minimum atomic E-state index is -0.297. The van der Waals surface area contributed by atoms with Crippen molar-refractivity contribution in [2.45, 2.75) is 6.92 Å². The van der Waals surface area contributed by atoms with Crippen LogP contribution in [0, 0.1) is 0 Å². The second-order valence-electron chi connectivity index (χ2n) is 5.11. The van der Waals surface area contributed by atoms with Gasteiger partial charge in [-0.1, -0.05) is 28.1 Å². The SMILES string of the molecule is CCOc1ccccc1NC(=O)COc1ncnc2ccc(Br)cc12. The second-order valence-corrected chi connectivity index (χ2v) is 6.02. The van der Waals surface area contributed by atoms with Crippen molar-refractivity contribution in [2.24, 2.45) is 0 Å². The first-order valence-electron chi connectivity index (χ1n) is 7.72. The predicted molar refractivity (Wildman–Crippen MR) is 99.0 cm³/mol. The fraction of sp³-hybridized carbons (Fsp3) is 0.167. The summed E-state index contributed by atoms with van der Waals surface area (Å²) >= 11 is 3.41. The number of para-hydroxylation sites is 2. The molecule has 3 aromatic rings. The molecular weight excluding hydrogens is 386 g/mol. The number of benzene rings is 2. The van der Waals surface area contributed by atoms with Crippen molar-refractivity contribution in [1.29, 1.82) is 0 Å². The molecule has 2 aromatic carbocycles. The van der Waals surface area contributed by atoms with E-state index in [9.17, 15) is 4.79 Å². The van der Waals surface area contributed by atoms with Gasteiger partial charge in [0.05, 0.1) is 23.2 Å². The van der Waals surface area contributed by atoms with Crippen molar-refractivity contribution >= 4 is 38.4 Å². The molecule has 0 atom stereocenters. The Morgan fingerprint density at radius 1 is 1.16 bits per heavy atom. The summed E-state index contributed by atoms with van der Waals surface area (Å²) in [6.45, 7) is 2.24. The molecular formula is C18H16BrN3O3. The first-order valence-corrected chi connectivity index (χ1v) is 8.51. The molecule has 0 unspecified atom stereocenters. The number of anilines is 1. The maximum absolute atomic E-state index is 12.2. The van der Waals surface area contributed by atoms with Gasteiger partial charge in [0, 0.05) is 4.47 Å². The number of rotatable bonds is 6. The van der Waals surface area contributed by atoms with Gasteiger partial charge in [0.25, 0.3) is 5.91 Å². The fourth-order valence-electron chi connectivity index (χ4n) is 2.29. The maximum atomic E-state index is 12.2. The fourth-order valence-corrected chi connectivity index (χ4v) is 2.65. The lowest BCUT2D eigenvalue weighted by molar-refractivity contribution is -0.118. The quantitative estimate of drug-likeness (QED) is 0.679. The highest BCUT2D eigenvalue weighted by molar-refractivity contribution is 9.10. The zero-order valence-corrected chi connectivity index (χ0v) is 15.1. The molecule has 0 aliphatic heterocycles. The van der Waals surface area contributed by atoms with E-state index < -0.39 is 0 Å². The second kappa shape index (κ2) is 7.94. The van der Waals surface area contributed by atoms with Gasteiger partial charge in [-0.15, -0.1) is 0 Å². The highest BCUT2D eigenvalue weighted by Gasteiger charge is 2.11. The van der Waals surface area contributed by atoms with E-state index in [1.54, 1.807) is 12.1 Å². The van der Waals surface area contributed by atoms with Crippen LogP contribution in [0.5, 0.6) is 11.6 Å². The molecule has 0 spiro atoms. The molecule has 6 nitrogen and oxygen atoms in total. The van der Waals surface area contributed by atoms with Crippen molar-refractivity contribution in [3.05, 3.63) is 53.3 Å². The van der Waals surface area contributed by atoms with E-state index >= 15 is 0 Å². The summed E-state index contributed by atoms with van der Waals surface area (Å²) in [5.41, 5.74) is 1.35. The van der Waals surface area contributed by atoms with Gasteiger partial charge in [-0.05, 0) is 37.3 Å². The summed E-state index contributed by atoms with van der Waals surface area (Å²) < 4.78 is 12.0. The number of carbonyl (C=O) groups is 1. The van der Waals surface area contributed by atoms with E-state index in [-0.39, 0.29) is 12.5 Å². The Kier molecular flexibility index (Phi) is 5.45. The van der Waals surface area contributed by atoms with Gasteiger partial charge in [0.2, 0.25) is 5.88 Å². The first-order chi connectivity index (χ1) is 12.2. The Morgan fingerprint density at radius 3 is 2.84 bits per heavy atom. The lowest BCUT2D eigenvalue weighted by atomic mass is 10.2. The Balaban J connectivity index is 1.70. The molecule has 7 heteroatoms. The molecule has 0 aliphatic rings. The molecule has 128 valence electrons. The van der Waals surface area contributed by atoms with E-state index in [0.717, 1.165) is 15.4 Å². The van der Waals surface area contributed by atoms with Crippen molar-refractivity contribution in [2.75, 3.05) is 18.5 Å². The third kappa shape index (κ3) is 4.24. The predicted octanol–water partition coefficient (Wildman–Crippen LogP) is 3.81. The van der Waals surface area contributed by atoms with Gasteiger partial charge >= 0.3 is 0 Å². The Labute approximate surface area is 153 Å². The smallest absolute Gasteiger partial charge is 0.262 e. The summed E-state index contributed by atoms with van der Waals surface area (Å²) in [6.07, 6.45) is 1.41. The van der Waals surface area contributed by atoms with Crippen LogP contribution in [0.25, 0.3) is 10.9 Å². The molecule has 0 radical (unpaired) electrons. The number of carbonyl (C=O) groups excluding carboxylic acids is 1. The van der Waals surface area contributed by atoms with Crippen molar-refractivity contribution in [1.82, 2.24) is 9.97 Å². The summed E-state index contributed by atoms with van der Waals surface area (Å²) in [5.74, 6) is 0.684. The van der Waals surface area contributed by atoms with Crippen LogP contribution < -0.4 is 14.8 Å². The molecule has 3 rings (SSSR count). The highest BCUT2D eigenvalue weighted by atomic mass is 79.9. The molecule has 0 saturated heterocycles. The van der Waals surface area contributed by atoms with E-state index in [4.69, 9.17) is 9.47 Å². The van der Waals surface area contributed by atoms with Crippen LogP contribution in [0.1, 0.15) is 6.92 Å². The van der Waals surface area contributed by atoms with Crippen molar-refractivity contribution in [3.63, 3.8) is 0 Å². The third-order valence-corrected chi connectivity index (χ3v) is 3.86. The zero-order valence-electron chi connectivity index (χ0n) is 13.5. The monoisotopic (exact) mass is 401 g/mol. The van der Waals surface area contributed by atoms with Crippen LogP contribution in [0.4, 0.5) is 5.69 Å². The number of nitrogens with zero attached hydrogens (tertiary/aromatic N) is 2. The lowest BCUT2D eigenvalue weighted by Gasteiger charge is -2.12. The topological polar surface area (TPSA) is 73.3 Å². The van der Waals surface area contributed by atoms with Crippen molar-refractivity contribution < 1.29 is 14.3 Å². The molecule has 1 aromatic heterocycles. The summed E-state index contributed by atoms with van der Waals surface area (Å²) in [4.78, 5) is 20.5. The van der Waals surface area contributed by atoms with E-state index in [0.29, 0.717) is 23.9 Å². The number of amides is 1. The number of hydrogen-bond donors (Lipinski definition) is 1. The van der Waals surface area contributed by atoms with Crippen LogP contribution >= 0.6 is 15.9 Å². The standard InChI is InChI=1S/C18H16BrN3O3/c1-2-24-16-6-4-3-5-15(16)22-17(23)10-25-18-13-9-12(19)7-8-14(13)20-11-21-18/h3-9,11H,2,10H2,1H3,(H,22,23). The number of hydrogen-bond acceptors (Lipinski definition) is 5. The summed E-state index contributed by atoms with van der Waals surface area (Å²) in [7, 11) is 0. The van der Waals surface area contributed by atoms with Crippen LogP contribution in [0.15, 0.2) is 53.3 Å². The van der Waals surface area contributed by atoms with Crippen LogP contribution in [-0.2, 0) is 4.79 Å². The van der Waals surface area contributed by atoms with Gasteiger partial charge in [-0.25, -0.2) is 9.97 Å². The Hall–Kier alpha value is -2.67. The minimum absolute atomic E-state index is 0.168. The van der Waals surface area contributed by atoms with Gasteiger partial charge in [0.15, 0.2) is 6.61 Å². The largest absolute Gasteiger partial charge is 0.492 e. The van der Waals surface area contributed by atoms with Gasteiger partial charge in [-0.2, -0.15) is 0 Å². The number of aromatic nitrogens is 2. The Bertz CT molecular complexity index is 902. The molecule has 1 amide bonds. The highest BCUT2D eigenvalue weighted by Crippen LogP contribution is 2.26. The number of nitrogens with one attached hydrogen (secondary N) is 1. The van der Waals surface area contributed by atoms with Crippen LogP contribution in [0.3, 0.4) is 0 Å². The van der Waals surface area contributed by atoms with E-state index in [2.05, 4.69) is 31.2 Å². The summed E-state index contributed by atoms with van der Waals surface area (Å²) in [5, 5.41) is 3.52. The molecule has 0 fully saturated rings. The molecule has 1 heterocycles. The van der Waals surface area contributed by atoms with Gasteiger partial charge < -0.3 is 14.8 Å². The van der Waals surface area contributed by atoms with Crippen LogP contribution in [0.2, 0.25) is 0 Å². The van der Waals surface area contributed by atoms with E-state index in [1.165, 1.54) is 6.33 Å². The minimum Gasteiger partial charge on any atom is -0.492 e. The number of ether oxygens (including phenoxy) is 2.